The highest BCUT2D eigenvalue weighted by atomic mass is 19.3. The lowest BCUT2D eigenvalue weighted by atomic mass is 10.1. The molecule has 0 unspecified atom stereocenters. The van der Waals surface area contributed by atoms with E-state index in [0.717, 1.165) is 55.8 Å². The van der Waals surface area contributed by atoms with Gasteiger partial charge in [0.2, 0.25) is 0 Å². The molecule has 7 nitrogen and oxygen atoms in total. The van der Waals surface area contributed by atoms with Gasteiger partial charge in [-0.15, -0.1) is 0 Å². The third kappa shape index (κ3) is 3.82. The Hall–Kier alpha value is -2.81. The average Bonchev–Trinajstić information content (AvgIpc) is 3.32. The first kappa shape index (κ1) is 20.1. The van der Waals surface area contributed by atoms with Crippen molar-refractivity contribution >= 4 is 16.6 Å². The van der Waals surface area contributed by atoms with E-state index in [1.807, 2.05) is 23.9 Å². The van der Waals surface area contributed by atoms with Gasteiger partial charge in [0.15, 0.2) is 0 Å². The number of nitrogens with zero attached hydrogens (tertiary/aromatic N) is 6. The molecule has 164 valence electrons. The molecule has 1 fully saturated rings. The molecule has 0 atom stereocenters. The summed E-state index contributed by atoms with van der Waals surface area (Å²) >= 11 is 0. The maximum atomic E-state index is 12.6. The number of aromatic nitrogens is 4. The molecule has 9 heteroatoms. The zero-order valence-corrected chi connectivity index (χ0v) is 17.6. The van der Waals surface area contributed by atoms with Gasteiger partial charge in [-0.05, 0) is 43.0 Å². The van der Waals surface area contributed by atoms with Crippen LogP contribution in [0.5, 0.6) is 0 Å². The number of halogens is 2. The van der Waals surface area contributed by atoms with Gasteiger partial charge in [0.25, 0.3) is 12.0 Å². The summed E-state index contributed by atoms with van der Waals surface area (Å²) in [6, 6.07) is 5.47. The molecule has 1 aliphatic heterocycles. The van der Waals surface area contributed by atoms with Crippen LogP contribution in [-0.4, -0.2) is 56.8 Å². The van der Waals surface area contributed by atoms with E-state index in [1.165, 1.54) is 29.7 Å². The molecule has 2 aliphatic rings. The number of benzene rings is 1. The number of hydrogen-bond donors (Lipinski definition) is 0. The summed E-state index contributed by atoms with van der Waals surface area (Å²) in [4.78, 5) is 21.4. The number of piperazine rings is 1. The first-order chi connectivity index (χ1) is 15.0. The number of anilines is 1. The van der Waals surface area contributed by atoms with E-state index < -0.39 is 18.5 Å². The first-order valence-electron chi connectivity index (χ1n) is 10.8. The monoisotopic (exact) mass is 428 g/mol. The summed E-state index contributed by atoms with van der Waals surface area (Å²) < 4.78 is 28.3. The Morgan fingerprint density at radius 3 is 2.71 bits per heavy atom. The molecule has 0 radical (unpaired) electrons. The second-order valence-electron chi connectivity index (χ2n) is 8.41. The largest absolute Gasteiger partial charge is 0.369 e. The van der Waals surface area contributed by atoms with Gasteiger partial charge in [0, 0.05) is 45.5 Å². The zero-order valence-electron chi connectivity index (χ0n) is 17.6. The van der Waals surface area contributed by atoms with E-state index in [-0.39, 0.29) is 0 Å². The van der Waals surface area contributed by atoms with Gasteiger partial charge < -0.3 is 4.90 Å². The van der Waals surface area contributed by atoms with Crippen molar-refractivity contribution < 1.29 is 8.78 Å². The van der Waals surface area contributed by atoms with E-state index in [4.69, 9.17) is 0 Å². The lowest BCUT2D eigenvalue weighted by molar-refractivity contribution is 0.125. The average molecular weight is 428 g/mol. The summed E-state index contributed by atoms with van der Waals surface area (Å²) in [5.74, 6) is 0. The lowest BCUT2D eigenvalue weighted by Gasteiger charge is -2.36. The van der Waals surface area contributed by atoms with Crippen LogP contribution in [0.1, 0.15) is 23.4 Å². The topological polar surface area (TPSA) is 59.2 Å². The van der Waals surface area contributed by atoms with Crippen molar-refractivity contribution in [2.24, 2.45) is 7.05 Å². The van der Waals surface area contributed by atoms with Crippen molar-refractivity contribution in [2.75, 3.05) is 31.1 Å². The fraction of sp³-hybridized carbons (Fsp3) is 0.500. The van der Waals surface area contributed by atoms with Gasteiger partial charge in [-0.3, -0.25) is 18.9 Å². The predicted molar refractivity (Wildman–Crippen MR) is 115 cm³/mol. The predicted octanol–water partition coefficient (Wildman–Crippen LogP) is 2.21. The van der Waals surface area contributed by atoms with Crippen LogP contribution in [0.15, 0.2) is 29.3 Å². The van der Waals surface area contributed by atoms with Crippen LogP contribution in [0.4, 0.5) is 14.5 Å². The molecule has 3 aromatic rings. The SMILES string of the molecule is Cn1nc2c(c1CN1CCN(c3ccc4c(=O)n(CC(F)F)cnc4c3)CC1)CCC2. The lowest BCUT2D eigenvalue weighted by Crippen LogP contribution is -2.46. The van der Waals surface area contributed by atoms with Crippen molar-refractivity contribution in [1.29, 1.82) is 0 Å². The summed E-state index contributed by atoms with van der Waals surface area (Å²) in [6.07, 6.45) is 2.08. The van der Waals surface area contributed by atoms with Crippen molar-refractivity contribution in [3.63, 3.8) is 0 Å². The number of rotatable bonds is 5. The molecule has 3 heterocycles. The minimum atomic E-state index is -2.58. The van der Waals surface area contributed by atoms with E-state index in [9.17, 15) is 13.6 Å². The molecule has 1 aliphatic carbocycles. The maximum absolute atomic E-state index is 12.6. The Morgan fingerprint density at radius 1 is 1.13 bits per heavy atom. The number of alkyl halides is 2. The first-order valence-corrected chi connectivity index (χ1v) is 10.8. The van der Waals surface area contributed by atoms with Crippen molar-refractivity contribution in [2.45, 2.75) is 38.8 Å². The number of aryl methyl sites for hydroxylation is 2. The minimum Gasteiger partial charge on any atom is -0.369 e. The second-order valence-corrected chi connectivity index (χ2v) is 8.41. The van der Waals surface area contributed by atoms with Gasteiger partial charge in [-0.2, -0.15) is 5.10 Å². The van der Waals surface area contributed by atoms with Crippen LogP contribution >= 0.6 is 0 Å². The van der Waals surface area contributed by atoms with Crippen molar-refractivity contribution in [3.8, 4) is 0 Å². The van der Waals surface area contributed by atoms with E-state index >= 15 is 0 Å². The van der Waals surface area contributed by atoms with E-state index in [1.54, 1.807) is 6.07 Å². The Bertz CT molecular complexity index is 1160. The molecule has 0 N–H and O–H groups in total. The summed E-state index contributed by atoms with van der Waals surface area (Å²) in [5, 5.41) is 5.05. The van der Waals surface area contributed by atoms with E-state index in [0.29, 0.717) is 10.9 Å². The number of fused-ring (bicyclic) bond motifs is 2. The molecule has 2 aromatic heterocycles. The highest BCUT2D eigenvalue weighted by Crippen LogP contribution is 2.26. The fourth-order valence-electron chi connectivity index (χ4n) is 4.78. The Balaban J connectivity index is 1.28. The van der Waals surface area contributed by atoms with Crippen LogP contribution in [0.2, 0.25) is 0 Å². The Labute approximate surface area is 178 Å². The molecule has 1 aromatic carbocycles. The fourth-order valence-corrected chi connectivity index (χ4v) is 4.78. The summed E-state index contributed by atoms with van der Waals surface area (Å²) in [7, 11) is 2.04. The molecule has 31 heavy (non-hydrogen) atoms. The summed E-state index contributed by atoms with van der Waals surface area (Å²) in [6.45, 7) is 3.95. The van der Waals surface area contributed by atoms with Crippen LogP contribution in [0.3, 0.4) is 0 Å². The molecule has 0 amide bonds. The molecule has 1 saturated heterocycles. The highest BCUT2D eigenvalue weighted by molar-refractivity contribution is 5.81. The van der Waals surface area contributed by atoms with Crippen LogP contribution in [0.25, 0.3) is 10.9 Å². The maximum Gasteiger partial charge on any atom is 0.261 e. The highest BCUT2D eigenvalue weighted by Gasteiger charge is 2.24. The molecular formula is C22H26F2N6O. The van der Waals surface area contributed by atoms with Gasteiger partial charge in [-0.25, -0.2) is 13.8 Å². The smallest absolute Gasteiger partial charge is 0.261 e. The van der Waals surface area contributed by atoms with Gasteiger partial charge >= 0.3 is 0 Å². The Kier molecular flexibility index (Phi) is 5.21. The van der Waals surface area contributed by atoms with Gasteiger partial charge in [0.1, 0.15) is 0 Å². The zero-order chi connectivity index (χ0) is 21.5. The molecular weight excluding hydrogens is 402 g/mol. The third-order valence-corrected chi connectivity index (χ3v) is 6.45. The van der Waals surface area contributed by atoms with Crippen molar-refractivity contribution in [1.82, 2.24) is 24.2 Å². The van der Waals surface area contributed by atoms with E-state index in [2.05, 4.69) is 19.9 Å². The van der Waals surface area contributed by atoms with Crippen molar-refractivity contribution in [3.05, 3.63) is 51.8 Å². The molecule has 0 bridgehead atoms. The van der Waals surface area contributed by atoms with Crippen LogP contribution in [0, 0.1) is 0 Å². The number of hydrogen-bond acceptors (Lipinski definition) is 5. The van der Waals surface area contributed by atoms with Gasteiger partial charge in [0.05, 0.1) is 35.2 Å². The normalized spacial score (nSPS) is 17.1. The summed E-state index contributed by atoms with van der Waals surface area (Å²) in [5.41, 5.74) is 5.18. The third-order valence-electron chi connectivity index (χ3n) is 6.45. The molecule has 0 saturated carbocycles. The van der Waals surface area contributed by atoms with Crippen LogP contribution < -0.4 is 10.5 Å². The van der Waals surface area contributed by atoms with Crippen LogP contribution in [-0.2, 0) is 33.0 Å². The second kappa shape index (κ2) is 8.03. The Morgan fingerprint density at radius 2 is 1.94 bits per heavy atom. The van der Waals surface area contributed by atoms with Gasteiger partial charge in [-0.1, -0.05) is 0 Å². The molecule has 0 spiro atoms. The standard InChI is InChI=1S/C22H26F2N6O/c1-27-20(16-3-2-4-18(16)26-27)12-28-7-9-29(10-8-28)15-5-6-17-19(11-15)25-14-30(22(17)31)13-21(23)24/h5-6,11,14,21H,2-4,7-10,12-13H2,1H3. The minimum absolute atomic E-state index is 0.371. The molecule has 5 rings (SSSR count). The quantitative estimate of drug-likeness (QED) is 0.624.